The Morgan fingerprint density at radius 3 is 1.35 bits per heavy atom. The lowest BCUT2D eigenvalue weighted by Crippen LogP contribution is -1.86. The van der Waals surface area contributed by atoms with Crippen molar-refractivity contribution in [3.63, 3.8) is 0 Å². The van der Waals surface area contributed by atoms with Gasteiger partial charge in [-0.25, -0.2) is 0 Å². The molecule has 0 saturated heterocycles. The molecule has 0 unspecified atom stereocenters. The zero-order chi connectivity index (χ0) is 17.8. The van der Waals surface area contributed by atoms with E-state index in [0.29, 0.717) is 0 Å². The van der Waals surface area contributed by atoms with Gasteiger partial charge in [-0.3, -0.25) is 0 Å². The molecule has 0 aromatic rings. The molecular formula is C20H40O3. The van der Waals surface area contributed by atoms with Crippen molar-refractivity contribution < 1.29 is 14.9 Å². The van der Waals surface area contributed by atoms with Gasteiger partial charge in [0.15, 0.2) is 0 Å². The Morgan fingerprint density at radius 1 is 0.696 bits per heavy atom. The van der Waals surface area contributed by atoms with Crippen molar-refractivity contribution in [1.82, 2.24) is 0 Å². The maximum absolute atomic E-state index is 8.09. The lowest BCUT2D eigenvalue weighted by Gasteiger charge is -2.05. The van der Waals surface area contributed by atoms with Gasteiger partial charge < -0.3 is 14.9 Å². The second-order valence-corrected chi connectivity index (χ2v) is 5.76. The molecule has 0 aromatic carbocycles. The van der Waals surface area contributed by atoms with E-state index in [2.05, 4.69) is 27.7 Å². The number of unbranched alkanes of at least 4 members (excludes halogenated alkanes) is 3. The Balaban J connectivity index is 0. The van der Waals surface area contributed by atoms with Gasteiger partial charge in [0.25, 0.3) is 0 Å². The van der Waals surface area contributed by atoms with Crippen LogP contribution in [0.25, 0.3) is 0 Å². The predicted octanol–water partition coefficient (Wildman–Crippen LogP) is 5.72. The summed E-state index contributed by atoms with van der Waals surface area (Å²) in [6.45, 7) is 9.25. The summed E-state index contributed by atoms with van der Waals surface area (Å²) in [4.78, 5) is 0. The van der Waals surface area contributed by atoms with Gasteiger partial charge in [-0.05, 0) is 62.5 Å². The van der Waals surface area contributed by atoms with Crippen molar-refractivity contribution >= 4 is 0 Å². The van der Waals surface area contributed by atoms with Crippen molar-refractivity contribution in [2.45, 2.75) is 91.9 Å². The molecule has 0 aliphatic heterocycles. The highest BCUT2D eigenvalue weighted by Crippen LogP contribution is 2.14. The Labute approximate surface area is 144 Å². The molecule has 3 nitrogen and oxygen atoms in total. The number of rotatable bonds is 13. The molecule has 23 heavy (non-hydrogen) atoms. The summed E-state index contributed by atoms with van der Waals surface area (Å²) < 4.78 is 5.61. The van der Waals surface area contributed by atoms with E-state index in [9.17, 15) is 0 Å². The summed E-state index contributed by atoms with van der Waals surface area (Å²) in [6, 6.07) is 0. The third-order valence-corrected chi connectivity index (χ3v) is 3.65. The van der Waals surface area contributed by atoms with E-state index in [1.165, 1.54) is 49.7 Å². The summed E-state index contributed by atoms with van der Waals surface area (Å²) in [5, 5.41) is 16.2. The van der Waals surface area contributed by atoms with Crippen molar-refractivity contribution in [3.05, 3.63) is 23.7 Å². The first-order chi connectivity index (χ1) is 11.2. The van der Waals surface area contributed by atoms with E-state index in [1.807, 2.05) is 12.5 Å². The van der Waals surface area contributed by atoms with E-state index >= 15 is 0 Å². The number of allylic oxidation sites excluding steroid dienone is 2. The van der Waals surface area contributed by atoms with Gasteiger partial charge in [-0.15, -0.1) is 0 Å². The van der Waals surface area contributed by atoms with Crippen LogP contribution >= 0.6 is 0 Å². The fourth-order valence-electron chi connectivity index (χ4n) is 1.90. The van der Waals surface area contributed by atoms with E-state index < -0.39 is 0 Å². The number of hydrogen-bond donors (Lipinski definition) is 2. The number of aliphatic hydroxyl groups excluding tert-OH is 2. The normalized spacial score (nSPS) is 11.9. The van der Waals surface area contributed by atoms with Crippen LogP contribution in [0.4, 0.5) is 0 Å². The largest absolute Gasteiger partial charge is 0.473 e. The Morgan fingerprint density at radius 2 is 1.09 bits per heavy atom. The van der Waals surface area contributed by atoms with Crippen LogP contribution < -0.4 is 0 Å². The molecule has 3 heteroatoms. The minimum Gasteiger partial charge on any atom is -0.473 e. The third-order valence-electron chi connectivity index (χ3n) is 3.65. The van der Waals surface area contributed by atoms with Crippen LogP contribution in [0.5, 0.6) is 0 Å². The van der Waals surface area contributed by atoms with Crippen LogP contribution in [0.3, 0.4) is 0 Å². The lowest BCUT2D eigenvalue weighted by atomic mass is 10.1. The lowest BCUT2D eigenvalue weighted by molar-refractivity contribution is 0.242. The second-order valence-electron chi connectivity index (χ2n) is 5.76. The van der Waals surface area contributed by atoms with Gasteiger partial charge in [0.2, 0.25) is 0 Å². The molecule has 0 aliphatic carbocycles. The summed E-state index contributed by atoms with van der Waals surface area (Å²) in [5.74, 6) is 0. The summed E-state index contributed by atoms with van der Waals surface area (Å²) in [7, 11) is 0. The molecular weight excluding hydrogens is 288 g/mol. The summed E-state index contributed by atoms with van der Waals surface area (Å²) in [5.41, 5.74) is 2.85. The molecule has 0 heterocycles. The molecule has 0 aromatic heterocycles. The highest BCUT2D eigenvalue weighted by atomic mass is 16.5. The van der Waals surface area contributed by atoms with Gasteiger partial charge in [0.1, 0.15) is 0 Å². The molecule has 0 amide bonds. The minimum absolute atomic E-state index is 0.195. The fourth-order valence-corrected chi connectivity index (χ4v) is 1.90. The monoisotopic (exact) mass is 328 g/mol. The molecule has 0 rings (SSSR count). The van der Waals surface area contributed by atoms with E-state index in [-0.39, 0.29) is 13.2 Å². The van der Waals surface area contributed by atoms with Crippen LogP contribution in [0, 0.1) is 0 Å². The van der Waals surface area contributed by atoms with Gasteiger partial charge >= 0.3 is 0 Å². The molecule has 0 bridgehead atoms. The topological polar surface area (TPSA) is 49.7 Å². The fraction of sp³-hybridized carbons (Fsp3) is 0.800. The SMILES string of the molecule is CCCCC(=COC=C(CC)CCCC)CC.OCCCCO. The number of hydrogen-bond acceptors (Lipinski definition) is 3. The van der Waals surface area contributed by atoms with Crippen molar-refractivity contribution in [3.8, 4) is 0 Å². The van der Waals surface area contributed by atoms with Crippen LogP contribution in [0.1, 0.15) is 91.9 Å². The van der Waals surface area contributed by atoms with Crippen molar-refractivity contribution in [2.75, 3.05) is 13.2 Å². The van der Waals surface area contributed by atoms with Crippen molar-refractivity contribution in [2.24, 2.45) is 0 Å². The first kappa shape index (κ1) is 24.5. The summed E-state index contributed by atoms with van der Waals surface area (Å²) >= 11 is 0. The molecule has 0 saturated carbocycles. The van der Waals surface area contributed by atoms with Crippen molar-refractivity contribution in [1.29, 1.82) is 0 Å². The zero-order valence-electron chi connectivity index (χ0n) is 15.9. The van der Waals surface area contributed by atoms with Crippen LogP contribution in [-0.2, 0) is 4.74 Å². The van der Waals surface area contributed by atoms with Crippen LogP contribution in [-0.4, -0.2) is 23.4 Å². The Bertz CT molecular complexity index is 255. The first-order valence-electron chi connectivity index (χ1n) is 9.42. The van der Waals surface area contributed by atoms with E-state index in [4.69, 9.17) is 14.9 Å². The minimum atomic E-state index is 0.195. The van der Waals surface area contributed by atoms with E-state index in [0.717, 1.165) is 25.7 Å². The predicted molar refractivity (Wildman–Crippen MR) is 100 cm³/mol. The highest BCUT2D eigenvalue weighted by Gasteiger charge is 1.96. The zero-order valence-corrected chi connectivity index (χ0v) is 15.9. The first-order valence-corrected chi connectivity index (χ1v) is 9.42. The van der Waals surface area contributed by atoms with Gasteiger partial charge in [0, 0.05) is 13.2 Å². The van der Waals surface area contributed by atoms with Gasteiger partial charge in [-0.2, -0.15) is 0 Å². The number of aliphatic hydroxyl groups is 2. The maximum Gasteiger partial charge on any atom is 0.0893 e. The molecule has 0 fully saturated rings. The molecule has 0 aliphatic rings. The Hall–Kier alpha value is -0.800. The maximum atomic E-state index is 8.09. The standard InChI is InChI=1S/C16H30O.C4H10O2/c1-5-9-11-15(7-3)13-17-14-16(8-4)12-10-6-2;5-3-1-2-4-6/h13-14H,5-12H2,1-4H3;5-6H,1-4H2. The highest BCUT2D eigenvalue weighted by molar-refractivity contribution is 5.01. The van der Waals surface area contributed by atoms with Crippen LogP contribution in [0.15, 0.2) is 23.7 Å². The summed E-state index contributed by atoms with van der Waals surface area (Å²) in [6.07, 6.45) is 14.9. The second kappa shape index (κ2) is 21.2. The smallest absolute Gasteiger partial charge is 0.0893 e. The molecule has 2 N–H and O–H groups in total. The average Bonchev–Trinajstić information content (AvgIpc) is 2.59. The third kappa shape index (κ3) is 19.2. The quantitative estimate of drug-likeness (QED) is 0.336. The van der Waals surface area contributed by atoms with E-state index in [1.54, 1.807) is 0 Å². The molecule has 0 spiro atoms. The number of ether oxygens (including phenoxy) is 1. The van der Waals surface area contributed by atoms with Crippen LogP contribution in [0.2, 0.25) is 0 Å². The molecule has 0 radical (unpaired) electrons. The Kier molecular flexibility index (Phi) is 22.5. The molecule has 0 atom stereocenters. The average molecular weight is 329 g/mol. The van der Waals surface area contributed by atoms with Gasteiger partial charge in [-0.1, -0.05) is 40.5 Å². The van der Waals surface area contributed by atoms with Gasteiger partial charge in [0.05, 0.1) is 12.5 Å². The molecule has 138 valence electrons.